The normalized spacial score (nSPS) is 12.1. The van der Waals surface area contributed by atoms with E-state index in [-0.39, 0.29) is 11.8 Å². The zero-order valence-electron chi connectivity index (χ0n) is 16.9. The first-order valence-electron chi connectivity index (χ1n) is 9.28. The number of hydrogen-bond donors (Lipinski definition) is 1. The third-order valence-electron chi connectivity index (χ3n) is 3.88. The Labute approximate surface area is 161 Å². The Bertz CT molecular complexity index is 639. The maximum atomic E-state index is 12.2. The van der Waals surface area contributed by atoms with Gasteiger partial charge >= 0.3 is 5.97 Å². The number of unbranched alkanes of at least 4 members (excludes halogenated alkanes) is 1. The average molecular weight is 377 g/mol. The molecule has 1 atom stereocenters. The number of methoxy groups -OCH3 is 2. The lowest BCUT2D eigenvalue weighted by Crippen LogP contribution is -2.41. The van der Waals surface area contributed by atoms with Crippen LogP contribution in [-0.4, -0.2) is 38.7 Å². The standard InChI is InChI=1S/C21H31NO5/c1-6-7-12-27-18-10-8-16(14-19(18)25-4)9-11-20(23)22-17(13-15(2)3)21(24)26-5/h8-11,14-15,17H,6-7,12-13H2,1-5H3,(H,22,23). The van der Waals surface area contributed by atoms with Gasteiger partial charge in [-0.25, -0.2) is 4.79 Å². The van der Waals surface area contributed by atoms with Crippen LogP contribution in [0.15, 0.2) is 24.3 Å². The molecule has 1 aromatic rings. The average Bonchev–Trinajstić information content (AvgIpc) is 2.65. The molecule has 6 nitrogen and oxygen atoms in total. The fourth-order valence-corrected chi connectivity index (χ4v) is 2.45. The number of esters is 1. The largest absolute Gasteiger partial charge is 0.493 e. The highest BCUT2D eigenvalue weighted by molar-refractivity contribution is 5.94. The molecule has 150 valence electrons. The van der Waals surface area contributed by atoms with Crippen LogP contribution < -0.4 is 14.8 Å². The van der Waals surface area contributed by atoms with Crippen LogP contribution in [0, 0.1) is 5.92 Å². The Morgan fingerprint density at radius 2 is 1.93 bits per heavy atom. The van der Waals surface area contributed by atoms with Gasteiger partial charge in [-0.3, -0.25) is 4.79 Å². The summed E-state index contributed by atoms with van der Waals surface area (Å²) in [4.78, 5) is 24.0. The van der Waals surface area contributed by atoms with E-state index in [4.69, 9.17) is 14.2 Å². The van der Waals surface area contributed by atoms with Gasteiger partial charge in [0, 0.05) is 6.08 Å². The van der Waals surface area contributed by atoms with Crippen LogP contribution in [0.5, 0.6) is 11.5 Å². The SMILES string of the molecule is CCCCOc1ccc(C=CC(=O)NC(CC(C)C)C(=O)OC)cc1OC. The van der Waals surface area contributed by atoms with Crippen molar-refractivity contribution in [1.29, 1.82) is 0 Å². The molecule has 1 amide bonds. The van der Waals surface area contributed by atoms with E-state index in [1.165, 1.54) is 13.2 Å². The topological polar surface area (TPSA) is 73.9 Å². The van der Waals surface area contributed by atoms with Gasteiger partial charge in [-0.05, 0) is 42.5 Å². The minimum atomic E-state index is -0.656. The van der Waals surface area contributed by atoms with E-state index >= 15 is 0 Å². The molecule has 0 aliphatic rings. The molecular weight excluding hydrogens is 346 g/mol. The van der Waals surface area contributed by atoms with Crippen molar-refractivity contribution in [2.45, 2.75) is 46.1 Å². The summed E-state index contributed by atoms with van der Waals surface area (Å²) < 4.78 is 15.8. The molecule has 27 heavy (non-hydrogen) atoms. The number of carbonyl (C=O) groups excluding carboxylic acids is 2. The second-order valence-electron chi connectivity index (χ2n) is 6.66. The lowest BCUT2D eigenvalue weighted by molar-refractivity contribution is -0.145. The summed E-state index contributed by atoms with van der Waals surface area (Å²) in [6, 6.07) is 4.81. The van der Waals surface area contributed by atoms with Crippen LogP contribution in [-0.2, 0) is 14.3 Å². The lowest BCUT2D eigenvalue weighted by Gasteiger charge is -2.17. The summed E-state index contributed by atoms with van der Waals surface area (Å²) in [5.41, 5.74) is 0.795. The molecule has 0 fully saturated rings. The fraction of sp³-hybridized carbons (Fsp3) is 0.524. The van der Waals surface area contributed by atoms with Crippen LogP contribution in [0.1, 0.15) is 45.6 Å². The van der Waals surface area contributed by atoms with Gasteiger partial charge < -0.3 is 19.5 Å². The number of rotatable bonds is 11. The Kier molecular flexibility index (Phi) is 10.0. The van der Waals surface area contributed by atoms with Crippen molar-refractivity contribution in [3.63, 3.8) is 0 Å². The van der Waals surface area contributed by atoms with Gasteiger partial charge in [0.2, 0.25) is 5.91 Å². The molecule has 6 heteroatoms. The van der Waals surface area contributed by atoms with Gasteiger partial charge in [0.1, 0.15) is 6.04 Å². The Hall–Kier alpha value is -2.50. The van der Waals surface area contributed by atoms with E-state index in [0.29, 0.717) is 24.5 Å². The van der Waals surface area contributed by atoms with Crippen molar-refractivity contribution in [1.82, 2.24) is 5.32 Å². The lowest BCUT2D eigenvalue weighted by atomic mass is 10.0. The molecule has 0 aromatic heterocycles. The highest BCUT2D eigenvalue weighted by atomic mass is 16.5. The van der Waals surface area contributed by atoms with E-state index in [1.807, 2.05) is 26.0 Å². The monoisotopic (exact) mass is 377 g/mol. The molecule has 1 aromatic carbocycles. The van der Waals surface area contributed by atoms with Crippen LogP contribution in [0.25, 0.3) is 6.08 Å². The molecule has 1 N–H and O–H groups in total. The number of carbonyl (C=O) groups is 2. The minimum Gasteiger partial charge on any atom is -0.493 e. The predicted octanol–water partition coefficient (Wildman–Crippen LogP) is 3.59. The van der Waals surface area contributed by atoms with E-state index < -0.39 is 12.0 Å². The molecule has 0 bridgehead atoms. The van der Waals surface area contributed by atoms with Crippen LogP contribution in [0.4, 0.5) is 0 Å². The Morgan fingerprint density at radius 3 is 2.52 bits per heavy atom. The minimum absolute atomic E-state index is 0.253. The van der Waals surface area contributed by atoms with Gasteiger partial charge in [0.05, 0.1) is 20.8 Å². The first-order chi connectivity index (χ1) is 12.9. The van der Waals surface area contributed by atoms with Crippen molar-refractivity contribution in [2.24, 2.45) is 5.92 Å². The van der Waals surface area contributed by atoms with Crippen molar-refractivity contribution in [2.75, 3.05) is 20.8 Å². The highest BCUT2D eigenvalue weighted by Crippen LogP contribution is 2.28. The molecule has 1 rings (SSSR count). The Balaban J connectivity index is 2.76. The van der Waals surface area contributed by atoms with Crippen LogP contribution in [0.3, 0.4) is 0 Å². The summed E-state index contributed by atoms with van der Waals surface area (Å²) in [5, 5.41) is 2.69. The first-order valence-corrected chi connectivity index (χ1v) is 9.28. The maximum Gasteiger partial charge on any atom is 0.328 e. The first kappa shape index (κ1) is 22.5. The number of amides is 1. The third-order valence-corrected chi connectivity index (χ3v) is 3.88. The van der Waals surface area contributed by atoms with Gasteiger partial charge in [0.15, 0.2) is 11.5 Å². The molecule has 0 saturated carbocycles. The molecule has 0 radical (unpaired) electrons. The quantitative estimate of drug-likeness (QED) is 0.362. The fourth-order valence-electron chi connectivity index (χ4n) is 2.45. The van der Waals surface area contributed by atoms with Crippen LogP contribution >= 0.6 is 0 Å². The van der Waals surface area contributed by atoms with E-state index in [0.717, 1.165) is 18.4 Å². The predicted molar refractivity (Wildman–Crippen MR) is 106 cm³/mol. The maximum absolute atomic E-state index is 12.2. The number of nitrogens with one attached hydrogen (secondary N) is 1. The van der Waals surface area contributed by atoms with Crippen molar-refractivity contribution < 1.29 is 23.8 Å². The molecule has 0 aliphatic heterocycles. The van der Waals surface area contributed by atoms with E-state index in [1.54, 1.807) is 19.3 Å². The Morgan fingerprint density at radius 1 is 1.19 bits per heavy atom. The van der Waals surface area contributed by atoms with E-state index in [2.05, 4.69) is 12.2 Å². The van der Waals surface area contributed by atoms with E-state index in [9.17, 15) is 9.59 Å². The second-order valence-corrected chi connectivity index (χ2v) is 6.66. The molecular formula is C21H31NO5. The molecule has 0 saturated heterocycles. The molecule has 1 unspecified atom stereocenters. The highest BCUT2D eigenvalue weighted by Gasteiger charge is 2.21. The van der Waals surface area contributed by atoms with Gasteiger partial charge in [0.25, 0.3) is 0 Å². The van der Waals surface area contributed by atoms with Crippen molar-refractivity contribution in [3.05, 3.63) is 29.8 Å². The zero-order chi connectivity index (χ0) is 20.2. The summed E-state index contributed by atoms with van der Waals surface area (Å²) in [6.07, 6.45) is 5.61. The second kappa shape index (κ2) is 12.0. The molecule has 0 aliphatic carbocycles. The third kappa shape index (κ3) is 8.15. The smallest absolute Gasteiger partial charge is 0.328 e. The summed E-state index contributed by atoms with van der Waals surface area (Å²) in [7, 11) is 2.89. The van der Waals surface area contributed by atoms with Crippen molar-refractivity contribution in [3.8, 4) is 11.5 Å². The number of benzene rings is 1. The summed E-state index contributed by atoms with van der Waals surface area (Å²) in [6.45, 7) is 6.70. The van der Waals surface area contributed by atoms with Gasteiger partial charge in [-0.1, -0.05) is 33.3 Å². The van der Waals surface area contributed by atoms with Gasteiger partial charge in [-0.2, -0.15) is 0 Å². The molecule has 0 heterocycles. The van der Waals surface area contributed by atoms with Crippen LogP contribution in [0.2, 0.25) is 0 Å². The number of hydrogen-bond acceptors (Lipinski definition) is 5. The zero-order valence-corrected chi connectivity index (χ0v) is 16.9. The molecule has 0 spiro atoms. The van der Waals surface area contributed by atoms with Gasteiger partial charge in [-0.15, -0.1) is 0 Å². The van der Waals surface area contributed by atoms with Crippen molar-refractivity contribution >= 4 is 18.0 Å². The summed E-state index contributed by atoms with van der Waals surface area (Å²) in [5.74, 6) is 0.744. The number of ether oxygens (including phenoxy) is 3. The summed E-state index contributed by atoms with van der Waals surface area (Å²) >= 11 is 0.